The van der Waals surface area contributed by atoms with Crippen LogP contribution in [0.4, 0.5) is 8.78 Å². The molecule has 2 aromatic rings. The second-order valence-electron chi connectivity index (χ2n) is 3.83. The minimum atomic E-state index is -0.561. The molecule has 0 saturated heterocycles. The maximum absolute atomic E-state index is 13.5. The maximum atomic E-state index is 13.5. The van der Waals surface area contributed by atoms with Crippen LogP contribution in [0.3, 0.4) is 0 Å². The first-order chi connectivity index (χ1) is 8.49. The summed E-state index contributed by atoms with van der Waals surface area (Å²) in [5, 5.41) is 4.26. The van der Waals surface area contributed by atoms with Gasteiger partial charge in [-0.05, 0) is 35.0 Å². The number of hydrogen-bond donors (Lipinski definition) is 0. The van der Waals surface area contributed by atoms with Gasteiger partial charge in [0.1, 0.15) is 11.6 Å². The van der Waals surface area contributed by atoms with Gasteiger partial charge in [-0.15, -0.1) is 11.8 Å². The summed E-state index contributed by atoms with van der Waals surface area (Å²) in [5.41, 5.74) is 1.87. The van der Waals surface area contributed by atoms with E-state index in [1.165, 1.54) is 23.9 Å². The van der Waals surface area contributed by atoms with Crippen molar-refractivity contribution < 1.29 is 8.78 Å². The molecular formula is C12H11BrF2N2S. The maximum Gasteiger partial charge on any atom is 0.139 e. The highest BCUT2D eigenvalue weighted by atomic mass is 79.9. The number of hydrogen-bond acceptors (Lipinski definition) is 2. The summed E-state index contributed by atoms with van der Waals surface area (Å²) in [6, 6.07) is 3.60. The minimum Gasteiger partial charge on any atom is -0.270 e. The zero-order chi connectivity index (χ0) is 13.3. The summed E-state index contributed by atoms with van der Waals surface area (Å²) < 4.78 is 28.9. The van der Waals surface area contributed by atoms with Gasteiger partial charge < -0.3 is 0 Å². The van der Waals surface area contributed by atoms with Crippen LogP contribution in [-0.2, 0) is 12.8 Å². The van der Waals surface area contributed by atoms with E-state index in [4.69, 9.17) is 0 Å². The Morgan fingerprint density at radius 1 is 1.39 bits per heavy atom. The molecule has 18 heavy (non-hydrogen) atoms. The standard InChI is InChI=1S/C12H11BrF2N2S/c1-7-12(13)10(17(2)16-7)6-18-11-4-3-8(14)5-9(11)15/h3-5H,6H2,1-2H3. The van der Waals surface area contributed by atoms with Gasteiger partial charge in [0.2, 0.25) is 0 Å². The Labute approximate surface area is 117 Å². The third-order valence-corrected chi connectivity index (χ3v) is 4.61. The second kappa shape index (κ2) is 5.40. The number of benzene rings is 1. The summed E-state index contributed by atoms with van der Waals surface area (Å²) in [5.74, 6) is -0.523. The largest absolute Gasteiger partial charge is 0.270 e. The Morgan fingerprint density at radius 2 is 2.11 bits per heavy atom. The van der Waals surface area contributed by atoms with Crippen molar-refractivity contribution in [1.29, 1.82) is 0 Å². The molecule has 0 spiro atoms. The van der Waals surface area contributed by atoms with E-state index in [2.05, 4.69) is 21.0 Å². The molecule has 1 aromatic heterocycles. The monoisotopic (exact) mass is 332 g/mol. The summed E-state index contributed by atoms with van der Waals surface area (Å²) in [7, 11) is 1.84. The fraction of sp³-hybridized carbons (Fsp3) is 0.250. The SMILES string of the molecule is Cc1nn(C)c(CSc2ccc(F)cc2F)c1Br. The highest BCUT2D eigenvalue weighted by molar-refractivity contribution is 9.10. The van der Waals surface area contributed by atoms with E-state index in [0.717, 1.165) is 21.9 Å². The van der Waals surface area contributed by atoms with E-state index in [-0.39, 0.29) is 0 Å². The average molecular weight is 333 g/mol. The van der Waals surface area contributed by atoms with Gasteiger partial charge in [-0.25, -0.2) is 8.78 Å². The van der Waals surface area contributed by atoms with Crippen molar-refractivity contribution in [2.75, 3.05) is 0 Å². The first-order valence-electron chi connectivity index (χ1n) is 5.25. The Hall–Kier alpha value is -0.880. The summed E-state index contributed by atoms with van der Waals surface area (Å²) >= 11 is 4.77. The highest BCUT2D eigenvalue weighted by Gasteiger charge is 2.12. The van der Waals surface area contributed by atoms with E-state index in [9.17, 15) is 8.78 Å². The van der Waals surface area contributed by atoms with Gasteiger partial charge in [-0.1, -0.05) is 0 Å². The van der Waals surface area contributed by atoms with E-state index in [0.29, 0.717) is 10.6 Å². The Balaban J connectivity index is 2.16. The van der Waals surface area contributed by atoms with Crippen LogP contribution in [-0.4, -0.2) is 9.78 Å². The molecule has 0 aliphatic carbocycles. The molecule has 0 aliphatic heterocycles. The smallest absolute Gasteiger partial charge is 0.139 e. The molecule has 0 bridgehead atoms. The van der Waals surface area contributed by atoms with Crippen LogP contribution in [0, 0.1) is 18.6 Å². The molecule has 0 atom stereocenters. The van der Waals surface area contributed by atoms with Crippen molar-refractivity contribution in [3.05, 3.63) is 45.7 Å². The van der Waals surface area contributed by atoms with Crippen molar-refractivity contribution in [3.8, 4) is 0 Å². The van der Waals surface area contributed by atoms with Crippen LogP contribution in [0.5, 0.6) is 0 Å². The molecule has 0 saturated carbocycles. The van der Waals surface area contributed by atoms with Crippen LogP contribution in [0.15, 0.2) is 27.6 Å². The lowest BCUT2D eigenvalue weighted by Crippen LogP contribution is -1.97. The molecule has 0 aliphatic rings. The van der Waals surface area contributed by atoms with Crippen LogP contribution < -0.4 is 0 Å². The Morgan fingerprint density at radius 3 is 2.67 bits per heavy atom. The lowest BCUT2D eigenvalue weighted by atomic mass is 10.3. The Kier molecular flexibility index (Phi) is 4.07. The zero-order valence-electron chi connectivity index (χ0n) is 9.88. The van der Waals surface area contributed by atoms with Crippen LogP contribution in [0.25, 0.3) is 0 Å². The molecule has 1 heterocycles. The predicted molar refractivity (Wildman–Crippen MR) is 71.6 cm³/mol. The van der Waals surface area contributed by atoms with Gasteiger partial charge >= 0.3 is 0 Å². The lowest BCUT2D eigenvalue weighted by Gasteiger charge is -2.04. The molecule has 2 nitrogen and oxygen atoms in total. The third-order valence-electron chi connectivity index (χ3n) is 2.52. The van der Waals surface area contributed by atoms with Gasteiger partial charge in [-0.3, -0.25) is 4.68 Å². The number of aromatic nitrogens is 2. The van der Waals surface area contributed by atoms with Gasteiger partial charge in [0.15, 0.2) is 0 Å². The lowest BCUT2D eigenvalue weighted by molar-refractivity contribution is 0.565. The molecule has 0 unspecified atom stereocenters. The summed E-state index contributed by atoms with van der Waals surface area (Å²) in [6.07, 6.45) is 0. The molecule has 0 N–H and O–H groups in total. The fourth-order valence-corrected chi connectivity index (χ4v) is 3.22. The normalized spacial score (nSPS) is 10.9. The minimum absolute atomic E-state index is 0.433. The molecule has 2 rings (SSSR count). The molecule has 0 fully saturated rings. The van der Waals surface area contributed by atoms with Crippen LogP contribution in [0.1, 0.15) is 11.4 Å². The zero-order valence-corrected chi connectivity index (χ0v) is 12.3. The Bertz CT molecular complexity index is 584. The average Bonchev–Trinajstić information content (AvgIpc) is 2.53. The van der Waals surface area contributed by atoms with Crippen molar-refractivity contribution in [3.63, 3.8) is 0 Å². The first kappa shape index (κ1) is 13.5. The summed E-state index contributed by atoms with van der Waals surface area (Å²) in [4.78, 5) is 0.433. The third kappa shape index (κ3) is 2.75. The van der Waals surface area contributed by atoms with Crippen LogP contribution >= 0.6 is 27.7 Å². The molecule has 96 valence electrons. The quantitative estimate of drug-likeness (QED) is 0.789. The highest BCUT2D eigenvalue weighted by Crippen LogP contribution is 2.30. The van der Waals surface area contributed by atoms with E-state index >= 15 is 0 Å². The number of nitrogens with zero attached hydrogens (tertiary/aromatic N) is 2. The first-order valence-corrected chi connectivity index (χ1v) is 7.02. The van der Waals surface area contributed by atoms with Crippen molar-refractivity contribution in [2.45, 2.75) is 17.6 Å². The molecule has 0 radical (unpaired) electrons. The van der Waals surface area contributed by atoms with Gasteiger partial charge in [0, 0.05) is 23.8 Å². The molecule has 6 heteroatoms. The van der Waals surface area contributed by atoms with Crippen molar-refractivity contribution >= 4 is 27.7 Å². The summed E-state index contributed by atoms with van der Waals surface area (Å²) in [6.45, 7) is 1.90. The van der Waals surface area contributed by atoms with Crippen LogP contribution in [0.2, 0.25) is 0 Å². The van der Waals surface area contributed by atoms with E-state index in [1.807, 2.05) is 14.0 Å². The number of thioether (sulfide) groups is 1. The molecular weight excluding hydrogens is 322 g/mol. The van der Waals surface area contributed by atoms with Gasteiger partial charge in [-0.2, -0.15) is 5.10 Å². The van der Waals surface area contributed by atoms with E-state index in [1.54, 1.807) is 4.68 Å². The van der Waals surface area contributed by atoms with Crippen molar-refractivity contribution in [1.82, 2.24) is 9.78 Å². The number of aryl methyl sites for hydroxylation is 2. The fourth-order valence-electron chi connectivity index (χ4n) is 1.58. The topological polar surface area (TPSA) is 17.8 Å². The second-order valence-corrected chi connectivity index (χ2v) is 5.64. The van der Waals surface area contributed by atoms with E-state index < -0.39 is 11.6 Å². The predicted octanol–water partition coefficient (Wildman–Crippen LogP) is 4.06. The van der Waals surface area contributed by atoms with Gasteiger partial charge in [0.25, 0.3) is 0 Å². The van der Waals surface area contributed by atoms with Crippen molar-refractivity contribution in [2.24, 2.45) is 7.05 Å². The molecule has 1 aromatic carbocycles. The molecule has 0 amide bonds. The number of rotatable bonds is 3. The van der Waals surface area contributed by atoms with Gasteiger partial charge in [0.05, 0.1) is 15.9 Å². The number of halogens is 3.